The average molecular weight is 848 g/mol. The summed E-state index contributed by atoms with van der Waals surface area (Å²) in [5.74, 6) is -0.957. The van der Waals surface area contributed by atoms with Crippen molar-refractivity contribution in [2.75, 3.05) is 47.5 Å². The number of hydrogen-bond acceptors (Lipinski definition) is 9. The summed E-state index contributed by atoms with van der Waals surface area (Å²) in [5.41, 5.74) is 0. The lowest BCUT2D eigenvalue weighted by Gasteiger charge is -2.28. The fraction of sp³-hybridized carbons (Fsp3) is 0.667. The zero-order valence-electron chi connectivity index (χ0n) is 37.5. The van der Waals surface area contributed by atoms with E-state index in [1.165, 1.54) is 25.7 Å². The van der Waals surface area contributed by atoms with E-state index in [1.807, 2.05) is 39.4 Å². The number of ether oxygens (including phenoxy) is 2. The van der Waals surface area contributed by atoms with E-state index in [9.17, 15) is 24.2 Å². The molecule has 0 aliphatic heterocycles. The van der Waals surface area contributed by atoms with Gasteiger partial charge in [-0.25, -0.2) is 0 Å². The molecule has 3 atom stereocenters. The van der Waals surface area contributed by atoms with Gasteiger partial charge in [-0.15, -0.1) is 0 Å². The van der Waals surface area contributed by atoms with Crippen LogP contribution in [0.5, 0.6) is 0 Å². The van der Waals surface area contributed by atoms with Gasteiger partial charge in [0.1, 0.15) is 19.8 Å². The Kier molecular flexibility index (Phi) is 37.4. The van der Waals surface area contributed by atoms with Crippen LogP contribution >= 0.6 is 7.82 Å². The van der Waals surface area contributed by atoms with E-state index in [0.29, 0.717) is 30.3 Å². The van der Waals surface area contributed by atoms with Crippen molar-refractivity contribution in [2.24, 2.45) is 0 Å². The van der Waals surface area contributed by atoms with E-state index in [0.717, 1.165) is 77.0 Å². The monoisotopic (exact) mass is 848 g/mol. The maximum absolute atomic E-state index is 12.7. The van der Waals surface area contributed by atoms with Crippen LogP contribution in [0.15, 0.2) is 85.1 Å². The summed E-state index contributed by atoms with van der Waals surface area (Å²) < 4.78 is 33.8. The first-order chi connectivity index (χ1) is 28.4. The number of allylic oxidation sites excluding steroid dienone is 13. The van der Waals surface area contributed by atoms with Crippen molar-refractivity contribution in [2.45, 2.75) is 161 Å². The maximum Gasteiger partial charge on any atom is 0.306 e. The molecule has 0 fully saturated rings. The summed E-state index contributed by atoms with van der Waals surface area (Å²) >= 11 is 0. The van der Waals surface area contributed by atoms with Crippen molar-refractivity contribution in [3.63, 3.8) is 0 Å². The van der Waals surface area contributed by atoms with Gasteiger partial charge >= 0.3 is 11.9 Å². The van der Waals surface area contributed by atoms with Crippen molar-refractivity contribution in [3.8, 4) is 0 Å². The van der Waals surface area contributed by atoms with Gasteiger partial charge in [0.05, 0.1) is 33.9 Å². The van der Waals surface area contributed by atoms with E-state index >= 15 is 0 Å². The van der Waals surface area contributed by atoms with Gasteiger partial charge in [0.2, 0.25) is 0 Å². The van der Waals surface area contributed by atoms with Crippen molar-refractivity contribution < 1.29 is 47.2 Å². The molecule has 1 N–H and O–H groups in total. The number of carbonyl (C=O) groups is 2. The molecular formula is C48H82NO9P. The molecule has 10 nitrogen and oxygen atoms in total. The number of hydrogen-bond donors (Lipinski definition) is 1. The second-order valence-electron chi connectivity index (χ2n) is 15.9. The predicted molar refractivity (Wildman–Crippen MR) is 242 cm³/mol. The fourth-order valence-electron chi connectivity index (χ4n) is 5.38. The van der Waals surface area contributed by atoms with Gasteiger partial charge in [0.15, 0.2) is 6.10 Å². The Morgan fingerprint density at radius 1 is 0.610 bits per heavy atom. The van der Waals surface area contributed by atoms with Gasteiger partial charge in [0, 0.05) is 12.8 Å². The molecule has 0 aromatic heterocycles. The zero-order chi connectivity index (χ0) is 43.7. The zero-order valence-corrected chi connectivity index (χ0v) is 38.4. The maximum atomic E-state index is 12.7. The fourth-order valence-corrected chi connectivity index (χ4v) is 6.10. The minimum absolute atomic E-state index is 0.0554. The highest BCUT2D eigenvalue weighted by atomic mass is 31.2. The Morgan fingerprint density at radius 3 is 1.66 bits per heavy atom. The van der Waals surface area contributed by atoms with Gasteiger partial charge < -0.3 is 33.0 Å². The summed E-state index contributed by atoms with van der Waals surface area (Å²) in [7, 11) is 1.08. The number of esters is 2. The lowest BCUT2D eigenvalue weighted by atomic mass is 10.1. The first-order valence-corrected chi connectivity index (χ1v) is 23.8. The molecule has 0 spiro atoms. The number of phosphoric acid groups is 1. The normalized spacial score (nSPS) is 14.9. The average Bonchev–Trinajstić information content (AvgIpc) is 3.18. The highest BCUT2D eigenvalue weighted by Crippen LogP contribution is 2.38. The third-order valence-corrected chi connectivity index (χ3v) is 9.92. The number of aliphatic hydroxyl groups is 1. The predicted octanol–water partition coefficient (Wildman–Crippen LogP) is 11.1. The minimum Gasteiger partial charge on any atom is -0.756 e. The molecule has 0 saturated carbocycles. The van der Waals surface area contributed by atoms with Gasteiger partial charge in [-0.3, -0.25) is 14.2 Å². The Balaban J connectivity index is 4.54. The van der Waals surface area contributed by atoms with Gasteiger partial charge in [-0.1, -0.05) is 137 Å². The second-order valence-corrected chi connectivity index (χ2v) is 17.3. The summed E-state index contributed by atoms with van der Waals surface area (Å²) in [6.07, 6.45) is 46.6. The van der Waals surface area contributed by atoms with Crippen LogP contribution in [0.25, 0.3) is 0 Å². The minimum atomic E-state index is -4.66. The van der Waals surface area contributed by atoms with Crippen molar-refractivity contribution in [1.29, 1.82) is 0 Å². The Bertz CT molecular complexity index is 1300. The molecule has 0 heterocycles. The molecule has 0 bridgehead atoms. The number of rotatable bonds is 39. The highest BCUT2D eigenvalue weighted by molar-refractivity contribution is 7.45. The topological polar surface area (TPSA) is 131 Å². The van der Waals surface area contributed by atoms with Crippen LogP contribution in [0, 0.1) is 0 Å². The van der Waals surface area contributed by atoms with E-state index in [1.54, 1.807) is 0 Å². The van der Waals surface area contributed by atoms with Crippen LogP contribution in [-0.2, 0) is 32.7 Å². The smallest absolute Gasteiger partial charge is 0.306 e. The number of likely N-dealkylation sites (N-methyl/N-ethyl adjacent to an activating group) is 1. The van der Waals surface area contributed by atoms with Crippen LogP contribution in [0.3, 0.4) is 0 Å². The number of unbranched alkanes of at least 4 members (excludes halogenated alkanes) is 9. The highest BCUT2D eigenvalue weighted by Gasteiger charge is 2.21. The molecule has 0 rings (SSSR count). The first-order valence-electron chi connectivity index (χ1n) is 22.4. The summed E-state index contributed by atoms with van der Waals surface area (Å²) in [5, 5.41) is 9.82. The van der Waals surface area contributed by atoms with Gasteiger partial charge in [-0.05, 0) is 83.5 Å². The number of nitrogens with zero attached hydrogens (tertiary/aromatic N) is 1. The summed E-state index contributed by atoms with van der Waals surface area (Å²) in [6, 6.07) is 0. The number of quaternary nitrogens is 1. The lowest BCUT2D eigenvalue weighted by molar-refractivity contribution is -0.870. The van der Waals surface area contributed by atoms with Gasteiger partial charge in [0.25, 0.3) is 7.82 Å². The molecule has 11 heteroatoms. The van der Waals surface area contributed by atoms with E-state index in [4.69, 9.17) is 18.5 Å². The van der Waals surface area contributed by atoms with Crippen LogP contribution in [0.2, 0.25) is 0 Å². The standard InChI is InChI=1S/C48H82NO9P/c1-6-8-10-11-12-13-14-15-16-17-18-19-24-27-30-33-36-40-48(52)58-46(44-57-59(53,54)56-42-41-49(3,4)5)43-55-47(51)39-35-32-29-26-23-21-20-22-25-28-31-34-38-45(50)37-9-7-2/h12-13,15-16,18-21,25-26,28-29,34,38,45-46,50H,6-11,14,17,22-24,27,30-33,35-37,39-44H2,1-5H3/b13-12-,16-15-,19-18-,21-20-,28-25-,29-26-,38-34-/t45-,46+/m0/s1. The van der Waals surface area contributed by atoms with Gasteiger partial charge in [-0.2, -0.15) is 0 Å². The third-order valence-electron chi connectivity index (χ3n) is 8.96. The quantitative estimate of drug-likeness (QED) is 0.0211. The number of aliphatic hydroxyl groups excluding tert-OH is 1. The SMILES string of the molecule is CCCCC/C=C\C/C=C\C/C=C\CCCCCCC(=O)O[C@H](COC(=O)CCC/C=C\C/C=C\C/C=C\C/C=C\[C@@H](O)CCCC)COP(=O)([O-])OCC[N+](C)(C)C. The summed E-state index contributed by atoms with van der Waals surface area (Å²) in [4.78, 5) is 37.5. The first kappa shape index (κ1) is 56.1. The van der Waals surface area contributed by atoms with Crippen molar-refractivity contribution >= 4 is 19.8 Å². The van der Waals surface area contributed by atoms with E-state index in [-0.39, 0.29) is 32.2 Å². The molecule has 1 unspecified atom stereocenters. The molecule has 0 radical (unpaired) electrons. The molecule has 0 aliphatic rings. The van der Waals surface area contributed by atoms with E-state index < -0.39 is 32.5 Å². The Labute approximate surface area is 359 Å². The molecule has 0 aliphatic carbocycles. The number of carbonyl (C=O) groups excluding carboxylic acids is 2. The molecule has 0 saturated heterocycles. The number of phosphoric ester groups is 1. The van der Waals surface area contributed by atoms with Crippen LogP contribution < -0.4 is 4.89 Å². The molecule has 0 aromatic rings. The largest absolute Gasteiger partial charge is 0.756 e. The molecular weight excluding hydrogens is 766 g/mol. The van der Waals surface area contributed by atoms with Crippen LogP contribution in [0.1, 0.15) is 149 Å². The summed E-state index contributed by atoms with van der Waals surface area (Å²) in [6.45, 7) is 3.91. The molecule has 0 aromatic carbocycles. The third kappa shape index (κ3) is 43.1. The molecule has 338 valence electrons. The Hall–Kier alpha value is -2.85. The molecule has 0 amide bonds. The van der Waals surface area contributed by atoms with Crippen molar-refractivity contribution in [1.82, 2.24) is 0 Å². The van der Waals surface area contributed by atoms with Crippen LogP contribution in [-0.4, -0.2) is 81.2 Å². The molecule has 59 heavy (non-hydrogen) atoms. The van der Waals surface area contributed by atoms with Crippen LogP contribution in [0.4, 0.5) is 0 Å². The lowest BCUT2D eigenvalue weighted by Crippen LogP contribution is -2.37. The van der Waals surface area contributed by atoms with E-state index in [2.05, 4.69) is 80.7 Å². The second kappa shape index (κ2) is 39.3. The Morgan fingerprint density at radius 2 is 1.10 bits per heavy atom. The van der Waals surface area contributed by atoms with Crippen molar-refractivity contribution in [3.05, 3.63) is 85.1 Å².